The van der Waals surface area contributed by atoms with Crippen molar-refractivity contribution in [1.29, 1.82) is 0 Å². The highest BCUT2D eigenvalue weighted by molar-refractivity contribution is 5.18. The lowest BCUT2D eigenvalue weighted by Gasteiger charge is -2.05. The van der Waals surface area contributed by atoms with Crippen LogP contribution in [0.4, 0.5) is 4.39 Å². The molecule has 1 aromatic heterocycles. The Morgan fingerprint density at radius 3 is 2.88 bits per heavy atom. The standard InChI is InChI=1S/C13H16FN3/c1-2-13(15)11-7-16-17(9-11)8-10-5-3-4-6-12(10)14/h3-7,9,13H,2,8,15H2,1H3. The summed E-state index contributed by atoms with van der Waals surface area (Å²) in [6.45, 7) is 2.46. The number of hydrogen-bond donors (Lipinski definition) is 1. The molecule has 0 saturated carbocycles. The maximum absolute atomic E-state index is 13.4. The van der Waals surface area contributed by atoms with E-state index in [9.17, 15) is 4.39 Å². The lowest BCUT2D eigenvalue weighted by molar-refractivity contribution is 0.584. The number of halogens is 1. The highest BCUT2D eigenvalue weighted by Gasteiger charge is 2.07. The van der Waals surface area contributed by atoms with Gasteiger partial charge >= 0.3 is 0 Å². The fraction of sp³-hybridized carbons (Fsp3) is 0.308. The molecule has 0 aliphatic rings. The van der Waals surface area contributed by atoms with Gasteiger partial charge in [0.05, 0.1) is 12.7 Å². The maximum atomic E-state index is 13.4. The first kappa shape index (κ1) is 11.8. The van der Waals surface area contributed by atoms with Crippen molar-refractivity contribution in [3.05, 3.63) is 53.6 Å². The van der Waals surface area contributed by atoms with E-state index in [0.29, 0.717) is 12.1 Å². The zero-order valence-corrected chi connectivity index (χ0v) is 9.81. The van der Waals surface area contributed by atoms with E-state index >= 15 is 0 Å². The third kappa shape index (κ3) is 2.71. The van der Waals surface area contributed by atoms with Gasteiger partial charge in [0.2, 0.25) is 0 Å². The van der Waals surface area contributed by atoms with Crippen LogP contribution in [0, 0.1) is 5.82 Å². The molecule has 0 spiro atoms. The molecule has 1 unspecified atom stereocenters. The van der Waals surface area contributed by atoms with E-state index in [0.717, 1.165) is 12.0 Å². The van der Waals surface area contributed by atoms with Gasteiger partial charge < -0.3 is 5.73 Å². The van der Waals surface area contributed by atoms with E-state index in [1.165, 1.54) is 6.07 Å². The van der Waals surface area contributed by atoms with E-state index in [1.807, 2.05) is 19.2 Å². The third-order valence-electron chi connectivity index (χ3n) is 2.81. The highest BCUT2D eigenvalue weighted by Crippen LogP contribution is 2.14. The molecule has 1 aromatic carbocycles. The summed E-state index contributed by atoms with van der Waals surface area (Å²) >= 11 is 0. The topological polar surface area (TPSA) is 43.8 Å². The minimum atomic E-state index is -0.204. The fourth-order valence-corrected chi connectivity index (χ4v) is 1.69. The van der Waals surface area contributed by atoms with Crippen LogP contribution in [0.3, 0.4) is 0 Å². The van der Waals surface area contributed by atoms with Crippen LogP contribution in [0.2, 0.25) is 0 Å². The van der Waals surface area contributed by atoms with Gasteiger partial charge in [-0.3, -0.25) is 4.68 Å². The first-order chi connectivity index (χ1) is 8.20. The van der Waals surface area contributed by atoms with Gasteiger partial charge in [-0.1, -0.05) is 25.1 Å². The number of nitrogens with two attached hydrogens (primary N) is 1. The summed E-state index contributed by atoms with van der Waals surface area (Å²) in [6.07, 6.45) is 4.49. The first-order valence-electron chi connectivity index (χ1n) is 5.72. The van der Waals surface area contributed by atoms with Gasteiger partial charge in [-0.15, -0.1) is 0 Å². The van der Waals surface area contributed by atoms with Crippen LogP contribution in [-0.4, -0.2) is 9.78 Å². The molecule has 1 atom stereocenters. The summed E-state index contributed by atoms with van der Waals surface area (Å²) in [4.78, 5) is 0. The largest absolute Gasteiger partial charge is 0.324 e. The molecular weight excluding hydrogens is 217 g/mol. The second-order valence-corrected chi connectivity index (χ2v) is 4.08. The number of aromatic nitrogens is 2. The first-order valence-corrected chi connectivity index (χ1v) is 5.72. The molecule has 0 bridgehead atoms. The van der Waals surface area contributed by atoms with Gasteiger partial charge in [0.15, 0.2) is 0 Å². The van der Waals surface area contributed by atoms with Crippen molar-refractivity contribution in [1.82, 2.24) is 9.78 Å². The molecule has 1 heterocycles. The number of rotatable bonds is 4. The predicted molar refractivity (Wildman–Crippen MR) is 64.9 cm³/mol. The normalized spacial score (nSPS) is 12.6. The Bertz CT molecular complexity index is 493. The van der Waals surface area contributed by atoms with E-state index in [4.69, 9.17) is 5.73 Å². The van der Waals surface area contributed by atoms with Crippen molar-refractivity contribution < 1.29 is 4.39 Å². The minimum absolute atomic E-state index is 0.00405. The van der Waals surface area contributed by atoms with E-state index in [2.05, 4.69) is 5.10 Å². The van der Waals surface area contributed by atoms with Crippen molar-refractivity contribution in [2.45, 2.75) is 25.9 Å². The second kappa shape index (κ2) is 5.10. The monoisotopic (exact) mass is 233 g/mol. The average Bonchev–Trinajstić information content (AvgIpc) is 2.80. The Morgan fingerprint density at radius 1 is 1.41 bits per heavy atom. The minimum Gasteiger partial charge on any atom is -0.324 e. The smallest absolute Gasteiger partial charge is 0.128 e. The summed E-state index contributed by atoms with van der Waals surface area (Å²) in [5, 5.41) is 4.19. The summed E-state index contributed by atoms with van der Waals surface area (Å²) in [7, 11) is 0. The van der Waals surface area contributed by atoms with Crippen molar-refractivity contribution >= 4 is 0 Å². The van der Waals surface area contributed by atoms with E-state index < -0.39 is 0 Å². The van der Waals surface area contributed by atoms with Gasteiger partial charge in [0, 0.05) is 23.4 Å². The molecule has 2 aromatic rings. The molecule has 4 heteroatoms. The fourth-order valence-electron chi connectivity index (χ4n) is 1.69. The Kier molecular flexibility index (Phi) is 3.54. The van der Waals surface area contributed by atoms with Gasteiger partial charge in [-0.05, 0) is 12.5 Å². The zero-order valence-electron chi connectivity index (χ0n) is 9.81. The summed E-state index contributed by atoms with van der Waals surface area (Å²) in [6, 6.07) is 6.72. The molecule has 0 amide bonds. The molecule has 0 saturated heterocycles. The van der Waals surface area contributed by atoms with Crippen LogP contribution >= 0.6 is 0 Å². The van der Waals surface area contributed by atoms with Crippen LogP contribution in [0.25, 0.3) is 0 Å². The summed E-state index contributed by atoms with van der Waals surface area (Å²) < 4.78 is 15.2. The van der Waals surface area contributed by atoms with Crippen molar-refractivity contribution in [2.75, 3.05) is 0 Å². The molecule has 17 heavy (non-hydrogen) atoms. The highest BCUT2D eigenvalue weighted by atomic mass is 19.1. The molecule has 2 N–H and O–H groups in total. The van der Waals surface area contributed by atoms with Crippen LogP contribution in [0.1, 0.15) is 30.5 Å². The lowest BCUT2D eigenvalue weighted by Crippen LogP contribution is -2.07. The van der Waals surface area contributed by atoms with Crippen molar-refractivity contribution in [3.63, 3.8) is 0 Å². The van der Waals surface area contributed by atoms with Gasteiger partial charge in [-0.25, -0.2) is 4.39 Å². The Labute approximate surface area is 100 Å². The Balaban J connectivity index is 2.14. The van der Waals surface area contributed by atoms with Crippen molar-refractivity contribution in [2.24, 2.45) is 5.73 Å². The summed E-state index contributed by atoms with van der Waals surface area (Å²) in [5.74, 6) is -0.204. The quantitative estimate of drug-likeness (QED) is 0.881. The van der Waals surface area contributed by atoms with Crippen LogP contribution in [0.15, 0.2) is 36.7 Å². The van der Waals surface area contributed by atoms with Crippen LogP contribution < -0.4 is 5.73 Å². The molecule has 0 fully saturated rings. The van der Waals surface area contributed by atoms with E-state index in [-0.39, 0.29) is 11.9 Å². The molecular formula is C13H16FN3. The second-order valence-electron chi connectivity index (χ2n) is 4.08. The average molecular weight is 233 g/mol. The van der Waals surface area contributed by atoms with Crippen LogP contribution in [0.5, 0.6) is 0 Å². The SMILES string of the molecule is CCC(N)c1cnn(Cc2ccccc2F)c1. The molecule has 0 aliphatic heterocycles. The zero-order chi connectivity index (χ0) is 12.3. The molecule has 3 nitrogen and oxygen atoms in total. The molecule has 90 valence electrons. The number of benzene rings is 1. The van der Waals surface area contributed by atoms with Crippen molar-refractivity contribution in [3.8, 4) is 0 Å². The number of hydrogen-bond acceptors (Lipinski definition) is 2. The third-order valence-corrected chi connectivity index (χ3v) is 2.81. The number of nitrogens with zero attached hydrogens (tertiary/aromatic N) is 2. The molecule has 0 radical (unpaired) electrons. The molecule has 2 rings (SSSR count). The molecule has 0 aliphatic carbocycles. The maximum Gasteiger partial charge on any atom is 0.128 e. The van der Waals surface area contributed by atoms with E-state index in [1.54, 1.807) is 23.0 Å². The lowest BCUT2D eigenvalue weighted by atomic mass is 10.1. The van der Waals surface area contributed by atoms with Gasteiger partial charge in [0.1, 0.15) is 5.82 Å². The van der Waals surface area contributed by atoms with Gasteiger partial charge in [0.25, 0.3) is 0 Å². The summed E-state index contributed by atoms with van der Waals surface area (Å²) in [5.41, 5.74) is 7.52. The Morgan fingerprint density at radius 2 is 2.18 bits per heavy atom. The van der Waals surface area contributed by atoms with Crippen LogP contribution in [-0.2, 0) is 6.54 Å². The predicted octanol–water partition coefficient (Wildman–Crippen LogP) is 2.48. The Hall–Kier alpha value is -1.68. The van der Waals surface area contributed by atoms with Gasteiger partial charge in [-0.2, -0.15) is 5.10 Å².